The minimum absolute atomic E-state index is 0.0934. The molecule has 0 aliphatic heterocycles. The Bertz CT molecular complexity index is 979. The summed E-state index contributed by atoms with van der Waals surface area (Å²) in [6.07, 6.45) is 48.0. The molecule has 0 heterocycles. The van der Waals surface area contributed by atoms with Gasteiger partial charge in [0, 0.05) is 19.6 Å². The van der Waals surface area contributed by atoms with Crippen molar-refractivity contribution >= 4 is 13.8 Å². The molecule has 2 unspecified atom stereocenters. The molecular formula is C43H78NO7P. The Morgan fingerprint density at radius 2 is 1.06 bits per heavy atom. The van der Waals surface area contributed by atoms with Gasteiger partial charge < -0.3 is 20.1 Å². The summed E-state index contributed by atoms with van der Waals surface area (Å²) in [5.74, 6) is -0.351. The lowest BCUT2D eigenvalue weighted by Gasteiger charge is -2.20. The number of rotatable bonds is 39. The molecule has 302 valence electrons. The number of phosphoric ester groups is 1. The third-order valence-electron chi connectivity index (χ3n) is 8.39. The molecule has 0 bridgehead atoms. The van der Waals surface area contributed by atoms with Gasteiger partial charge >= 0.3 is 13.8 Å². The molecule has 0 spiro atoms. The van der Waals surface area contributed by atoms with E-state index in [4.69, 9.17) is 24.3 Å². The van der Waals surface area contributed by atoms with Crippen LogP contribution in [-0.2, 0) is 27.9 Å². The summed E-state index contributed by atoms with van der Waals surface area (Å²) in [4.78, 5) is 22.4. The largest absolute Gasteiger partial charge is 0.472 e. The van der Waals surface area contributed by atoms with Crippen LogP contribution in [0.15, 0.2) is 60.8 Å². The number of unbranched alkanes of at least 4 members (excludes halogenated alkanes) is 16. The average molecular weight is 752 g/mol. The number of nitrogens with two attached hydrogens (primary N) is 1. The van der Waals surface area contributed by atoms with E-state index < -0.39 is 13.9 Å². The molecule has 0 saturated heterocycles. The molecule has 0 aromatic rings. The number of phosphoric acid groups is 1. The van der Waals surface area contributed by atoms with Crippen LogP contribution in [0.5, 0.6) is 0 Å². The van der Waals surface area contributed by atoms with Crippen molar-refractivity contribution in [1.29, 1.82) is 0 Å². The van der Waals surface area contributed by atoms with Crippen molar-refractivity contribution in [3.63, 3.8) is 0 Å². The third kappa shape index (κ3) is 39.4. The molecular weight excluding hydrogens is 673 g/mol. The van der Waals surface area contributed by atoms with Crippen molar-refractivity contribution in [1.82, 2.24) is 0 Å². The monoisotopic (exact) mass is 752 g/mol. The highest BCUT2D eigenvalue weighted by Gasteiger charge is 2.25. The van der Waals surface area contributed by atoms with Gasteiger partial charge in [-0.25, -0.2) is 4.57 Å². The summed E-state index contributed by atoms with van der Waals surface area (Å²) in [7, 11) is -4.28. The van der Waals surface area contributed by atoms with Crippen LogP contribution in [0.1, 0.15) is 168 Å². The quantitative estimate of drug-likeness (QED) is 0.0276. The van der Waals surface area contributed by atoms with E-state index in [0.29, 0.717) is 13.0 Å². The van der Waals surface area contributed by atoms with Gasteiger partial charge in [-0.05, 0) is 77.0 Å². The minimum atomic E-state index is -4.28. The van der Waals surface area contributed by atoms with Crippen molar-refractivity contribution in [3.8, 4) is 0 Å². The zero-order chi connectivity index (χ0) is 38.1. The summed E-state index contributed by atoms with van der Waals surface area (Å²) in [5.41, 5.74) is 5.36. The summed E-state index contributed by atoms with van der Waals surface area (Å²) < 4.78 is 33.4. The van der Waals surface area contributed by atoms with Crippen LogP contribution in [-0.4, -0.2) is 49.9 Å². The van der Waals surface area contributed by atoms with Gasteiger partial charge in [0.2, 0.25) is 0 Å². The van der Waals surface area contributed by atoms with Gasteiger partial charge in [-0.15, -0.1) is 0 Å². The lowest BCUT2D eigenvalue weighted by molar-refractivity contribution is -0.154. The highest BCUT2D eigenvalue weighted by molar-refractivity contribution is 7.47. The van der Waals surface area contributed by atoms with Crippen LogP contribution in [0.25, 0.3) is 0 Å². The first-order valence-corrected chi connectivity index (χ1v) is 22.3. The predicted molar refractivity (Wildman–Crippen MR) is 219 cm³/mol. The van der Waals surface area contributed by atoms with E-state index in [0.717, 1.165) is 89.9 Å². The van der Waals surface area contributed by atoms with Crippen molar-refractivity contribution in [2.75, 3.05) is 33.0 Å². The molecule has 0 aliphatic rings. The van der Waals surface area contributed by atoms with Crippen molar-refractivity contribution in [3.05, 3.63) is 60.8 Å². The Labute approximate surface area is 319 Å². The van der Waals surface area contributed by atoms with E-state index in [-0.39, 0.29) is 32.3 Å². The summed E-state index contributed by atoms with van der Waals surface area (Å²) in [6.45, 7) is 4.77. The standard InChI is InChI=1S/C43H78NO7P/c1-3-5-7-9-11-13-15-17-18-19-20-21-22-23-25-27-29-31-33-35-38-48-40-42(41-50-52(46,47)49-39-37-44)51-43(45)36-34-32-30-28-26-24-16-14-12-10-8-6-4-2/h8,10-11,13-14,16-18,20-21,42H,3-7,9,12,15,19,22-41,44H2,1-2H3,(H,46,47)/b10-8-,13-11-,16-14-,18-17-,21-20-. The third-order valence-corrected chi connectivity index (χ3v) is 9.37. The lowest BCUT2D eigenvalue weighted by atomic mass is 10.1. The number of allylic oxidation sites excluding steroid dienone is 10. The topological polar surface area (TPSA) is 117 Å². The number of carbonyl (C=O) groups excluding carboxylic acids is 1. The fraction of sp³-hybridized carbons (Fsp3) is 0.744. The van der Waals surface area contributed by atoms with Gasteiger partial charge in [0.05, 0.1) is 19.8 Å². The number of esters is 1. The maximum atomic E-state index is 12.5. The fourth-order valence-electron chi connectivity index (χ4n) is 5.33. The second-order valence-corrected chi connectivity index (χ2v) is 14.9. The second kappa shape index (κ2) is 40.4. The number of carbonyl (C=O) groups is 1. The van der Waals surface area contributed by atoms with Gasteiger partial charge in [-0.2, -0.15) is 0 Å². The first-order valence-electron chi connectivity index (χ1n) is 20.8. The van der Waals surface area contributed by atoms with Crippen molar-refractivity contribution in [2.45, 2.75) is 174 Å². The highest BCUT2D eigenvalue weighted by Crippen LogP contribution is 2.43. The Morgan fingerprint density at radius 1 is 0.577 bits per heavy atom. The average Bonchev–Trinajstić information content (AvgIpc) is 3.13. The van der Waals surface area contributed by atoms with Crippen LogP contribution in [0.4, 0.5) is 0 Å². The van der Waals surface area contributed by atoms with Gasteiger partial charge in [0.1, 0.15) is 6.10 Å². The molecule has 52 heavy (non-hydrogen) atoms. The van der Waals surface area contributed by atoms with Crippen molar-refractivity contribution < 1.29 is 32.8 Å². The Kier molecular flexibility index (Phi) is 39.0. The molecule has 2 atom stereocenters. The molecule has 0 aromatic heterocycles. The molecule has 0 aliphatic carbocycles. The minimum Gasteiger partial charge on any atom is -0.457 e. The first kappa shape index (κ1) is 50.2. The number of hydrogen-bond acceptors (Lipinski definition) is 7. The Morgan fingerprint density at radius 3 is 1.60 bits per heavy atom. The van der Waals surface area contributed by atoms with Crippen LogP contribution in [0.2, 0.25) is 0 Å². The van der Waals surface area contributed by atoms with E-state index in [1.807, 2.05) is 0 Å². The Hall–Kier alpha value is -1.80. The van der Waals surface area contributed by atoms with Crippen LogP contribution < -0.4 is 5.73 Å². The van der Waals surface area contributed by atoms with Crippen LogP contribution in [0.3, 0.4) is 0 Å². The van der Waals surface area contributed by atoms with E-state index in [9.17, 15) is 14.3 Å². The van der Waals surface area contributed by atoms with E-state index >= 15 is 0 Å². The smallest absolute Gasteiger partial charge is 0.457 e. The van der Waals surface area contributed by atoms with Crippen LogP contribution >= 0.6 is 7.82 Å². The van der Waals surface area contributed by atoms with Gasteiger partial charge in [0.15, 0.2) is 0 Å². The molecule has 0 rings (SSSR count). The molecule has 9 heteroatoms. The van der Waals surface area contributed by atoms with E-state index in [1.54, 1.807) is 0 Å². The second-order valence-electron chi connectivity index (χ2n) is 13.5. The zero-order valence-electron chi connectivity index (χ0n) is 33.3. The lowest BCUT2D eigenvalue weighted by Crippen LogP contribution is -2.28. The van der Waals surface area contributed by atoms with E-state index in [2.05, 4.69) is 74.6 Å². The molecule has 0 amide bonds. The van der Waals surface area contributed by atoms with Crippen molar-refractivity contribution in [2.24, 2.45) is 5.73 Å². The Balaban J connectivity index is 4.08. The normalized spacial score (nSPS) is 14.2. The molecule has 3 N–H and O–H groups in total. The maximum Gasteiger partial charge on any atom is 0.472 e. The summed E-state index contributed by atoms with van der Waals surface area (Å²) in [5, 5.41) is 0. The fourth-order valence-corrected chi connectivity index (χ4v) is 6.10. The molecule has 0 fully saturated rings. The zero-order valence-corrected chi connectivity index (χ0v) is 34.2. The highest BCUT2D eigenvalue weighted by atomic mass is 31.2. The van der Waals surface area contributed by atoms with Crippen LogP contribution in [0, 0.1) is 0 Å². The number of hydrogen-bond donors (Lipinski definition) is 2. The summed E-state index contributed by atoms with van der Waals surface area (Å²) >= 11 is 0. The molecule has 0 radical (unpaired) electrons. The molecule has 0 saturated carbocycles. The van der Waals surface area contributed by atoms with Gasteiger partial charge in [-0.3, -0.25) is 13.8 Å². The predicted octanol–water partition coefficient (Wildman–Crippen LogP) is 12.2. The van der Waals surface area contributed by atoms with Gasteiger partial charge in [0.25, 0.3) is 0 Å². The first-order chi connectivity index (χ1) is 25.4. The molecule has 8 nitrogen and oxygen atoms in total. The van der Waals surface area contributed by atoms with Gasteiger partial charge in [-0.1, -0.05) is 145 Å². The molecule has 0 aromatic carbocycles. The number of ether oxygens (including phenoxy) is 2. The maximum absolute atomic E-state index is 12.5. The summed E-state index contributed by atoms with van der Waals surface area (Å²) in [6, 6.07) is 0. The SMILES string of the molecule is CCC/C=C\C/C=C\CCCCCCCC(=O)OC(COCCCCCCCCC/C=C\C/C=C\C/C=C\CCCCC)COP(=O)(O)OCCN. The van der Waals surface area contributed by atoms with E-state index in [1.165, 1.54) is 57.8 Å².